The van der Waals surface area contributed by atoms with Gasteiger partial charge in [-0.1, -0.05) is 29.4 Å². The van der Waals surface area contributed by atoms with Gasteiger partial charge in [-0.3, -0.25) is 9.79 Å². The number of amidine groups is 1. The first kappa shape index (κ1) is 17.7. The molecule has 0 fully saturated rings. The number of hydrogen-bond acceptors (Lipinski definition) is 5. The zero-order valence-corrected chi connectivity index (χ0v) is 15.0. The van der Waals surface area contributed by atoms with Crippen molar-refractivity contribution >= 4 is 40.1 Å². The summed E-state index contributed by atoms with van der Waals surface area (Å²) in [6, 6.07) is 7.60. The molecule has 25 heavy (non-hydrogen) atoms. The van der Waals surface area contributed by atoms with E-state index in [0.29, 0.717) is 10.2 Å². The minimum atomic E-state index is -0.541. The maximum Gasteiger partial charge on any atom is 0.274 e. The summed E-state index contributed by atoms with van der Waals surface area (Å²) >= 11 is 7.25. The molecule has 5 nitrogen and oxygen atoms in total. The Bertz CT molecular complexity index is 843. The topological polar surface area (TPSA) is 80.4 Å². The first-order valence-corrected chi connectivity index (χ1v) is 8.95. The number of hydrogen-bond donors (Lipinski definition) is 2. The molecule has 1 aliphatic rings. The van der Waals surface area contributed by atoms with Gasteiger partial charge in [0.1, 0.15) is 11.5 Å². The van der Waals surface area contributed by atoms with E-state index in [-0.39, 0.29) is 11.4 Å². The van der Waals surface area contributed by atoms with Crippen LogP contribution in [0.25, 0.3) is 0 Å². The predicted molar refractivity (Wildman–Crippen MR) is 99.6 cm³/mol. The van der Waals surface area contributed by atoms with Crippen molar-refractivity contribution in [1.82, 2.24) is 4.98 Å². The van der Waals surface area contributed by atoms with Crippen LogP contribution in [-0.2, 0) is 5.54 Å². The summed E-state index contributed by atoms with van der Waals surface area (Å²) in [6.45, 7) is 1.94. The van der Waals surface area contributed by atoms with Crippen molar-refractivity contribution in [3.63, 3.8) is 0 Å². The molecule has 3 N–H and O–H groups in total. The average Bonchev–Trinajstić information content (AvgIpc) is 2.57. The van der Waals surface area contributed by atoms with E-state index in [0.717, 1.165) is 17.7 Å². The van der Waals surface area contributed by atoms with Gasteiger partial charge < -0.3 is 11.1 Å². The van der Waals surface area contributed by atoms with E-state index in [2.05, 4.69) is 15.3 Å². The maximum absolute atomic E-state index is 14.2. The largest absolute Gasteiger partial charge is 0.379 e. The molecule has 0 saturated heterocycles. The van der Waals surface area contributed by atoms with Crippen LogP contribution < -0.4 is 11.1 Å². The third-order valence-electron chi connectivity index (χ3n) is 3.99. The fraction of sp³-hybridized carbons (Fsp3) is 0.235. The lowest BCUT2D eigenvalue weighted by atomic mass is 9.89. The van der Waals surface area contributed by atoms with Crippen molar-refractivity contribution < 1.29 is 9.18 Å². The molecule has 0 spiro atoms. The molecule has 1 aromatic carbocycles. The van der Waals surface area contributed by atoms with Crippen LogP contribution in [0, 0.1) is 5.82 Å². The van der Waals surface area contributed by atoms with Crippen LogP contribution in [-0.4, -0.2) is 21.8 Å². The highest BCUT2D eigenvalue weighted by atomic mass is 35.5. The lowest BCUT2D eigenvalue weighted by Gasteiger charge is -2.30. The number of aromatic nitrogens is 1. The minimum absolute atomic E-state index is 0.0764. The smallest absolute Gasteiger partial charge is 0.274 e. The van der Waals surface area contributed by atoms with Gasteiger partial charge in [0.25, 0.3) is 5.91 Å². The van der Waals surface area contributed by atoms with Gasteiger partial charge in [-0.2, -0.15) is 0 Å². The van der Waals surface area contributed by atoms with Gasteiger partial charge in [-0.15, -0.1) is 0 Å². The van der Waals surface area contributed by atoms with Gasteiger partial charge in [0.15, 0.2) is 5.17 Å². The third-order valence-corrected chi connectivity index (χ3v) is 5.01. The van der Waals surface area contributed by atoms with E-state index in [1.54, 1.807) is 18.2 Å². The van der Waals surface area contributed by atoms with Crippen LogP contribution in [0.2, 0.25) is 5.02 Å². The Balaban J connectivity index is 1.88. The summed E-state index contributed by atoms with van der Waals surface area (Å²) in [5.74, 6) is -0.212. The SMILES string of the molecule is CC1(c2ccc(F)c(NC(=O)c3ccc(Cl)cn3)c2)CCSC(N)=N1. The second-order valence-electron chi connectivity index (χ2n) is 5.83. The van der Waals surface area contributed by atoms with Gasteiger partial charge in [0, 0.05) is 11.9 Å². The van der Waals surface area contributed by atoms with Gasteiger partial charge in [-0.05, 0) is 43.2 Å². The molecule has 1 aliphatic heterocycles. The second-order valence-corrected chi connectivity index (χ2v) is 7.38. The van der Waals surface area contributed by atoms with E-state index >= 15 is 0 Å². The average molecular weight is 379 g/mol. The van der Waals surface area contributed by atoms with Gasteiger partial charge in [-0.25, -0.2) is 9.37 Å². The minimum Gasteiger partial charge on any atom is -0.379 e. The molecular weight excluding hydrogens is 363 g/mol. The number of halogens is 2. The van der Waals surface area contributed by atoms with Crippen LogP contribution in [0.3, 0.4) is 0 Å². The normalized spacial score (nSPS) is 20.0. The standard InChI is InChI=1S/C17H16ClFN4OS/c1-17(6-7-25-16(20)23-17)10-2-4-12(19)14(8-10)22-15(24)13-5-3-11(18)9-21-13/h2-5,8-9H,6-7H2,1H3,(H2,20,23)(H,22,24). The van der Waals surface area contributed by atoms with Crippen LogP contribution in [0.5, 0.6) is 0 Å². The number of nitrogens with zero attached hydrogens (tertiary/aromatic N) is 2. The van der Waals surface area contributed by atoms with Crippen LogP contribution in [0.15, 0.2) is 41.5 Å². The lowest BCUT2D eigenvalue weighted by Crippen LogP contribution is -2.29. The number of thioether (sulfide) groups is 1. The van der Waals surface area contributed by atoms with Gasteiger partial charge in [0.05, 0.1) is 16.2 Å². The number of benzene rings is 1. The molecule has 1 atom stereocenters. The summed E-state index contributed by atoms with van der Waals surface area (Å²) in [5, 5.41) is 3.48. The molecule has 1 unspecified atom stereocenters. The number of anilines is 1. The Morgan fingerprint density at radius 1 is 1.40 bits per heavy atom. The Hall–Kier alpha value is -2.12. The quantitative estimate of drug-likeness (QED) is 0.851. The molecule has 1 aromatic heterocycles. The molecule has 130 valence electrons. The monoisotopic (exact) mass is 378 g/mol. The van der Waals surface area contributed by atoms with Crippen LogP contribution in [0.1, 0.15) is 29.4 Å². The summed E-state index contributed by atoms with van der Waals surface area (Å²) in [6.07, 6.45) is 2.14. The fourth-order valence-electron chi connectivity index (χ4n) is 2.55. The summed E-state index contributed by atoms with van der Waals surface area (Å²) in [7, 11) is 0. The van der Waals surface area contributed by atoms with E-state index < -0.39 is 17.3 Å². The van der Waals surface area contributed by atoms with Crippen LogP contribution >= 0.6 is 23.4 Å². The molecular formula is C17H16ClFN4OS. The number of aliphatic imine (C=N–C) groups is 1. The molecule has 0 saturated carbocycles. The highest BCUT2D eigenvalue weighted by molar-refractivity contribution is 8.13. The van der Waals surface area contributed by atoms with E-state index in [4.69, 9.17) is 17.3 Å². The molecule has 0 radical (unpaired) electrons. The summed E-state index contributed by atoms with van der Waals surface area (Å²) < 4.78 is 14.2. The number of nitrogens with one attached hydrogen (secondary N) is 1. The number of pyridine rings is 1. The lowest BCUT2D eigenvalue weighted by molar-refractivity contribution is 0.102. The van der Waals surface area contributed by atoms with Crippen molar-refractivity contribution in [2.24, 2.45) is 10.7 Å². The van der Waals surface area contributed by atoms with E-state index in [9.17, 15) is 9.18 Å². The number of rotatable bonds is 3. The zero-order chi connectivity index (χ0) is 18.0. The van der Waals surface area contributed by atoms with Crippen molar-refractivity contribution in [3.8, 4) is 0 Å². The Morgan fingerprint density at radius 3 is 2.88 bits per heavy atom. The maximum atomic E-state index is 14.2. The van der Waals surface area contributed by atoms with Crippen molar-refractivity contribution in [2.45, 2.75) is 18.9 Å². The van der Waals surface area contributed by atoms with Gasteiger partial charge >= 0.3 is 0 Å². The highest BCUT2D eigenvalue weighted by Crippen LogP contribution is 2.36. The molecule has 2 aromatic rings. The Labute approximate surface area is 153 Å². The number of nitrogens with two attached hydrogens (primary N) is 1. The van der Waals surface area contributed by atoms with Crippen molar-refractivity contribution in [1.29, 1.82) is 0 Å². The first-order valence-electron chi connectivity index (χ1n) is 7.58. The number of carbonyl (C=O) groups excluding carboxylic acids is 1. The zero-order valence-electron chi connectivity index (χ0n) is 13.4. The van der Waals surface area contributed by atoms with Crippen molar-refractivity contribution in [3.05, 3.63) is 58.6 Å². The summed E-state index contributed by atoms with van der Waals surface area (Å²) in [4.78, 5) is 20.7. The molecule has 3 rings (SSSR count). The van der Waals surface area contributed by atoms with Crippen LogP contribution in [0.4, 0.5) is 10.1 Å². The predicted octanol–water partition coefficient (Wildman–Crippen LogP) is 3.79. The summed E-state index contributed by atoms with van der Waals surface area (Å²) in [5.41, 5.74) is 6.31. The number of carbonyl (C=O) groups is 1. The number of amides is 1. The highest BCUT2D eigenvalue weighted by Gasteiger charge is 2.30. The Morgan fingerprint density at radius 2 is 2.20 bits per heavy atom. The molecule has 1 amide bonds. The molecule has 8 heteroatoms. The van der Waals surface area contributed by atoms with Gasteiger partial charge in [0.2, 0.25) is 0 Å². The second kappa shape index (κ2) is 7.01. The molecule has 2 heterocycles. The molecule has 0 aliphatic carbocycles. The fourth-order valence-corrected chi connectivity index (χ4v) is 3.63. The molecule has 0 bridgehead atoms. The van der Waals surface area contributed by atoms with Crippen molar-refractivity contribution in [2.75, 3.05) is 11.1 Å². The van der Waals surface area contributed by atoms with E-state index in [1.807, 2.05) is 6.92 Å². The Kier molecular flexibility index (Phi) is 4.96. The van der Waals surface area contributed by atoms with E-state index in [1.165, 1.54) is 30.1 Å². The first-order chi connectivity index (χ1) is 11.9. The third kappa shape index (κ3) is 3.93.